The van der Waals surface area contributed by atoms with Crippen molar-refractivity contribution in [1.29, 1.82) is 0 Å². The van der Waals surface area contributed by atoms with Crippen molar-refractivity contribution < 1.29 is 14.3 Å². The lowest BCUT2D eigenvalue weighted by atomic mass is 9.96. The van der Waals surface area contributed by atoms with E-state index in [9.17, 15) is 9.59 Å². The molecular formula is C17H22N4O3S3. The minimum Gasteiger partial charge on any atom is -0.497 e. The minimum absolute atomic E-state index is 0.0731. The standard InChI is InChI=1S/C17H22N4O3S3/c1-10(2)15(11-4-6-12(24-3)7-5-11)19-14(23)9-26-17-21-20-16(27-17)25-8-13(18)22/h4-7,10,15H,8-9H2,1-3H3,(H2,18,22)(H,19,23). The summed E-state index contributed by atoms with van der Waals surface area (Å²) in [6, 6.07) is 7.62. The van der Waals surface area contributed by atoms with Crippen LogP contribution in [-0.2, 0) is 9.59 Å². The van der Waals surface area contributed by atoms with Crippen LogP contribution in [0.3, 0.4) is 0 Å². The fraction of sp³-hybridized carbons (Fsp3) is 0.412. The molecule has 1 heterocycles. The summed E-state index contributed by atoms with van der Waals surface area (Å²) in [6.45, 7) is 4.13. The maximum absolute atomic E-state index is 12.4. The van der Waals surface area contributed by atoms with Gasteiger partial charge in [0.2, 0.25) is 11.8 Å². The molecule has 10 heteroatoms. The number of rotatable bonds is 10. The highest BCUT2D eigenvalue weighted by molar-refractivity contribution is 8.03. The van der Waals surface area contributed by atoms with E-state index >= 15 is 0 Å². The first-order chi connectivity index (χ1) is 12.9. The van der Waals surface area contributed by atoms with Crippen molar-refractivity contribution >= 4 is 46.7 Å². The number of aromatic nitrogens is 2. The summed E-state index contributed by atoms with van der Waals surface area (Å²) < 4.78 is 6.53. The zero-order valence-electron chi connectivity index (χ0n) is 15.3. The zero-order valence-corrected chi connectivity index (χ0v) is 17.7. The minimum atomic E-state index is -0.401. The van der Waals surface area contributed by atoms with E-state index < -0.39 is 5.91 Å². The van der Waals surface area contributed by atoms with Gasteiger partial charge in [0, 0.05) is 0 Å². The number of nitrogens with one attached hydrogen (secondary N) is 1. The van der Waals surface area contributed by atoms with Crippen molar-refractivity contribution in [3.05, 3.63) is 29.8 Å². The average molecular weight is 427 g/mol. The number of carbonyl (C=O) groups is 2. The molecule has 1 unspecified atom stereocenters. The molecular weight excluding hydrogens is 404 g/mol. The third-order valence-electron chi connectivity index (χ3n) is 3.51. The molecule has 1 atom stereocenters. The first-order valence-electron chi connectivity index (χ1n) is 8.19. The normalized spacial score (nSPS) is 12.0. The number of benzene rings is 1. The van der Waals surface area contributed by atoms with Gasteiger partial charge in [-0.25, -0.2) is 0 Å². The molecule has 1 aromatic carbocycles. The van der Waals surface area contributed by atoms with Crippen molar-refractivity contribution in [2.24, 2.45) is 11.7 Å². The summed E-state index contributed by atoms with van der Waals surface area (Å²) in [6.07, 6.45) is 0. The predicted molar refractivity (Wildman–Crippen MR) is 109 cm³/mol. The van der Waals surface area contributed by atoms with Gasteiger partial charge in [-0.2, -0.15) is 0 Å². The summed E-state index contributed by atoms with van der Waals surface area (Å²) in [5.41, 5.74) is 6.14. The van der Waals surface area contributed by atoms with Crippen molar-refractivity contribution in [2.75, 3.05) is 18.6 Å². The fourth-order valence-electron chi connectivity index (χ4n) is 2.24. The van der Waals surface area contributed by atoms with Gasteiger partial charge < -0.3 is 15.8 Å². The Kier molecular flexibility index (Phi) is 8.39. The summed E-state index contributed by atoms with van der Waals surface area (Å²) in [5, 5.41) is 11.1. The van der Waals surface area contributed by atoms with Crippen LogP contribution in [-0.4, -0.2) is 40.6 Å². The molecule has 7 nitrogen and oxygen atoms in total. The molecule has 0 aliphatic carbocycles. The fourth-order valence-corrected chi connectivity index (χ4v) is 4.81. The van der Waals surface area contributed by atoms with Gasteiger partial charge >= 0.3 is 0 Å². The zero-order chi connectivity index (χ0) is 19.8. The van der Waals surface area contributed by atoms with Crippen molar-refractivity contribution in [2.45, 2.75) is 28.6 Å². The molecule has 2 amide bonds. The van der Waals surface area contributed by atoms with Crippen LogP contribution in [0.25, 0.3) is 0 Å². The Balaban J connectivity index is 1.89. The largest absolute Gasteiger partial charge is 0.497 e. The Hall–Kier alpha value is -1.78. The van der Waals surface area contributed by atoms with Crippen LogP contribution in [0.5, 0.6) is 5.75 Å². The Morgan fingerprint density at radius 3 is 2.26 bits per heavy atom. The molecule has 0 bridgehead atoms. The first-order valence-corrected chi connectivity index (χ1v) is 11.0. The van der Waals surface area contributed by atoms with E-state index in [0.29, 0.717) is 8.68 Å². The molecule has 0 saturated carbocycles. The molecule has 27 heavy (non-hydrogen) atoms. The maximum Gasteiger partial charge on any atom is 0.230 e. The molecule has 1 aromatic heterocycles. The Morgan fingerprint density at radius 2 is 1.74 bits per heavy atom. The van der Waals surface area contributed by atoms with Gasteiger partial charge in [-0.3, -0.25) is 9.59 Å². The number of hydrogen-bond donors (Lipinski definition) is 2. The number of methoxy groups -OCH3 is 1. The van der Waals surface area contributed by atoms with Gasteiger partial charge in [-0.1, -0.05) is 60.8 Å². The van der Waals surface area contributed by atoms with Crippen molar-refractivity contribution in [3.8, 4) is 5.75 Å². The molecule has 0 spiro atoms. The predicted octanol–water partition coefficient (Wildman–Crippen LogP) is 2.73. The summed E-state index contributed by atoms with van der Waals surface area (Å²) in [4.78, 5) is 23.2. The van der Waals surface area contributed by atoms with Gasteiger partial charge in [0.1, 0.15) is 5.75 Å². The second-order valence-corrected chi connectivity index (χ2v) is 9.36. The smallest absolute Gasteiger partial charge is 0.230 e. The number of carbonyl (C=O) groups excluding carboxylic acids is 2. The second kappa shape index (κ2) is 10.5. The summed E-state index contributed by atoms with van der Waals surface area (Å²) in [7, 11) is 1.62. The Morgan fingerprint density at radius 1 is 1.15 bits per heavy atom. The van der Waals surface area contributed by atoms with Crippen LogP contribution in [0.2, 0.25) is 0 Å². The number of nitrogens with two attached hydrogens (primary N) is 1. The van der Waals surface area contributed by atoms with Crippen LogP contribution in [0.4, 0.5) is 0 Å². The monoisotopic (exact) mass is 426 g/mol. The van der Waals surface area contributed by atoms with Crippen LogP contribution < -0.4 is 15.8 Å². The summed E-state index contributed by atoms with van der Waals surface area (Å²) >= 11 is 3.91. The quantitative estimate of drug-likeness (QED) is 0.563. The van der Waals surface area contributed by atoms with Crippen LogP contribution in [0.15, 0.2) is 32.9 Å². The SMILES string of the molecule is COc1ccc(C(NC(=O)CSc2nnc(SCC(N)=O)s2)C(C)C)cc1. The molecule has 0 radical (unpaired) electrons. The van der Waals surface area contributed by atoms with Gasteiger partial charge in [-0.15, -0.1) is 10.2 Å². The number of hydrogen-bond acceptors (Lipinski definition) is 8. The molecule has 0 fully saturated rings. The molecule has 146 valence electrons. The van der Waals surface area contributed by atoms with Crippen LogP contribution in [0.1, 0.15) is 25.5 Å². The first kappa shape index (κ1) is 21.5. The molecule has 0 saturated heterocycles. The Labute approximate surface area is 170 Å². The van der Waals surface area contributed by atoms with Gasteiger partial charge in [-0.05, 0) is 23.6 Å². The average Bonchev–Trinajstić information content (AvgIpc) is 3.10. The van der Waals surface area contributed by atoms with Gasteiger partial charge in [0.05, 0.1) is 24.7 Å². The Bertz CT molecular complexity index is 765. The van der Waals surface area contributed by atoms with E-state index in [2.05, 4.69) is 29.4 Å². The van der Waals surface area contributed by atoms with Crippen LogP contribution in [0, 0.1) is 5.92 Å². The van der Waals surface area contributed by atoms with Gasteiger partial charge in [0.25, 0.3) is 0 Å². The van der Waals surface area contributed by atoms with Gasteiger partial charge in [0.15, 0.2) is 8.68 Å². The van der Waals surface area contributed by atoms with E-state index in [1.165, 1.54) is 34.9 Å². The lowest BCUT2D eigenvalue weighted by Crippen LogP contribution is -2.32. The number of primary amides is 1. The van der Waals surface area contributed by atoms with E-state index in [-0.39, 0.29) is 29.4 Å². The highest BCUT2D eigenvalue weighted by Crippen LogP contribution is 2.29. The van der Waals surface area contributed by atoms with Crippen molar-refractivity contribution in [1.82, 2.24) is 15.5 Å². The van der Waals surface area contributed by atoms with E-state index in [1.54, 1.807) is 7.11 Å². The lowest BCUT2D eigenvalue weighted by molar-refractivity contribution is -0.119. The van der Waals surface area contributed by atoms with E-state index in [0.717, 1.165) is 11.3 Å². The highest BCUT2D eigenvalue weighted by Gasteiger charge is 2.19. The molecule has 0 aliphatic rings. The number of thioether (sulfide) groups is 2. The highest BCUT2D eigenvalue weighted by atomic mass is 32.2. The molecule has 3 N–H and O–H groups in total. The molecule has 0 aliphatic heterocycles. The third kappa shape index (κ3) is 7.04. The molecule has 2 aromatic rings. The maximum atomic E-state index is 12.4. The number of ether oxygens (including phenoxy) is 1. The second-order valence-electron chi connectivity index (χ2n) is 5.94. The number of nitrogens with zero attached hydrogens (tertiary/aromatic N) is 2. The lowest BCUT2D eigenvalue weighted by Gasteiger charge is -2.23. The third-order valence-corrected chi connectivity index (χ3v) is 6.72. The number of amides is 2. The van der Waals surface area contributed by atoms with E-state index in [4.69, 9.17) is 10.5 Å². The molecule has 2 rings (SSSR count). The van der Waals surface area contributed by atoms with Crippen LogP contribution >= 0.6 is 34.9 Å². The van der Waals surface area contributed by atoms with E-state index in [1.807, 2.05) is 24.3 Å². The summed E-state index contributed by atoms with van der Waals surface area (Å²) in [5.74, 6) is 0.958. The van der Waals surface area contributed by atoms with Crippen molar-refractivity contribution in [3.63, 3.8) is 0 Å². The topological polar surface area (TPSA) is 107 Å².